The smallest absolute Gasteiger partial charge is 0.357 e. The molecular weight excluding hydrogens is 182 g/mol. The van der Waals surface area contributed by atoms with Crippen molar-refractivity contribution in [2.24, 2.45) is 0 Å². The highest BCUT2D eigenvalue weighted by molar-refractivity contribution is 5.88. The van der Waals surface area contributed by atoms with Crippen LogP contribution in [0, 0.1) is 0 Å². The first-order valence-corrected chi connectivity index (χ1v) is 4.76. The number of ether oxygens (including phenoxy) is 1. The van der Waals surface area contributed by atoms with Crippen LogP contribution in [0.5, 0.6) is 0 Å². The van der Waals surface area contributed by atoms with E-state index in [-0.39, 0.29) is 12.0 Å². The second-order valence-electron chi connectivity index (χ2n) is 3.38. The van der Waals surface area contributed by atoms with Crippen LogP contribution in [0.2, 0.25) is 0 Å². The molecule has 0 aliphatic carbocycles. The lowest BCUT2D eigenvalue weighted by atomic mass is 10.3. The summed E-state index contributed by atoms with van der Waals surface area (Å²) < 4.78 is 4.90. The number of esters is 1. The van der Waals surface area contributed by atoms with Crippen LogP contribution < -0.4 is 11.0 Å². The maximum Gasteiger partial charge on any atom is 0.357 e. The molecule has 0 atom stereocenters. The minimum Gasteiger partial charge on any atom is -0.461 e. The third-order valence-corrected chi connectivity index (χ3v) is 2.02. The van der Waals surface area contributed by atoms with Crippen molar-refractivity contribution >= 4 is 5.97 Å². The Morgan fingerprint density at radius 2 is 2.21 bits per heavy atom. The van der Waals surface area contributed by atoms with Gasteiger partial charge in [0.15, 0.2) is 5.70 Å². The van der Waals surface area contributed by atoms with Crippen LogP contribution in [-0.2, 0) is 9.53 Å². The van der Waals surface area contributed by atoms with E-state index >= 15 is 0 Å². The third kappa shape index (κ3) is 1.98. The minimum atomic E-state index is -0.319. The Balaban J connectivity index is 2.75. The Bertz CT molecular complexity index is 261. The molecular formula is C9H17N3O2. The molecule has 0 aromatic carbocycles. The number of nitrogens with zero attached hydrogens (tertiary/aromatic N) is 1. The molecule has 1 aliphatic heterocycles. The first-order valence-electron chi connectivity index (χ1n) is 4.76. The van der Waals surface area contributed by atoms with Gasteiger partial charge in [0.05, 0.1) is 12.3 Å². The van der Waals surface area contributed by atoms with Crippen molar-refractivity contribution in [2.75, 3.05) is 6.61 Å². The summed E-state index contributed by atoms with van der Waals surface area (Å²) in [6.07, 6.45) is 0. The fraction of sp³-hybridized carbons (Fsp3) is 0.667. The van der Waals surface area contributed by atoms with Crippen molar-refractivity contribution in [1.82, 2.24) is 16.0 Å². The van der Waals surface area contributed by atoms with Gasteiger partial charge in [0.25, 0.3) is 0 Å². The van der Waals surface area contributed by atoms with Gasteiger partial charge in [-0.05, 0) is 27.7 Å². The van der Waals surface area contributed by atoms with Crippen molar-refractivity contribution < 1.29 is 9.53 Å². The van der Waals surface area contributed by atoms with E-state index in [0.29, 0.717) is 12.3 Å². The first-order chi connectivity index (χ1) is 6.57. The standard InChI is InChI=1S/C9H17N3O2/c1-5-14-9(13)8-7(4)12(6(2)3)11-10-8/h6,10-11H,5H2,1-4H3. The van der Waals surface area contributed by atoms with E-state index in [1.54, 1.807) is 6.92 Å². The van der Waals surface area contributed by atoms with Gasteiger partial charge < -0.3 is 4.74 Å². The number of hydrogen-bond acceptors (Lipinski definition) is 5. The van der Waals surface area contributed by atoms with Crippen LogP contribution in [0.4, 0.5) is 0 Å². The zero-order chi connectivity index (χ0) is 10.7. The highest BCUT2D eigenvalue weighted by Crippen LogP contribution is 2.14. The Hall–Kier alpha value is -1.23. The van der Waals surface area contributed by atoms with E-state index in [2.05, 4.69) is 11.0 Å². The average Bonchev–Trinajstić information content (AvgIpc) is 2.47. The summed E-state index contributed by atoms with van der Waals surface area (Å²) in [5.41, 5.74) is 7.05. The van der Waals surface area contributed by atoms with Gasteiger partial charge in [-0.3, -0.25) is 10.4 Å². The molecule has 0 bridgehead atoms. The summed E-state index contributed by atoms with van der Waals surface area (Å²) in [5, 5.41) is 1.88. The zero-order valence-corrected chi connectivity index (χ0v) is 9.05. The van der Waals surface area contributed by atoms with E-state index in [4.69, 9.17) is 4.74 Å². The molecule has 0 radical (unpaired) electrons. The molecule has 2 N–H and O–H groups in total. The van der Waals surface area contributed by atoms with E-state index < -0.39 is 0 Å². The van der Waals surface area contributed by atoms with Gasteiger partial charge in [-0.1, -0.05) is 0 Å². The van der Waals surface area contributed by atoms with Crippen LogP contribution in [0.15, 0.2) is 11.4 Å². The molecule has 0 spiro atoms. The summed E-state index contributed by atoms with van der Waals surface area (Å²) in [6, 6.07) is 0.287. The van der Waals surface area contributed by atoms with Gasteiger partial charge in [0.2, 0.25) is 0 Å². The Labute approximate surface area is 84.0 Å². The van der Waals surface area contributed by atoms with Gasteiger partial charge in [-0.25, -0.2) is 4.79 Å². The summed E-state index contributed by atoms with van der Waals surface area (Å²) in [5.74, 6) is -0.319. The predicted octanol–water partition coefficient (Wildman–Crippen LogP) is 0.514. The van der Waals surface area contributed by atoms with Crippen molar-refractivity contribution in [2.45, 2.75) is 33.7 Å². The SMILES string of the molecule is CCOC(=O)C1=C(C)N(C(C)C)NN1. The highest BCUT2D eigenvalue weighted by atomic mass is 16.5. The fourth-order valence-electron chi connectivity index (χ4n) is 1.33. The van der Waals surface area contributed by atoms with Crippen LogP contribution in [0.3, 0.4) is 0 Å². The highest BCUT2D eigenvalue weighted by Gasteiger charge is 2.25. The third-order valence-electron chi connectivity index (χ3n) is 2.02. The van der Waals surface area contributed by atoms with Crippen LogP contribution in [-0.4, -0.2) is 23.6 Å². The molecule has 0 unspecified atom stereocenters. The molecule has 80 valence electrons. The second kappa shape index (κ2) is 4.32. The molecule has 1 rings (SSSR count). The summed E-state index contributed by atoms with van der Waals surface area (Å²) in [7, 11) is 0. The monoisotopic (exact) mass is 199 g/mol. The molecule has 5 nitrogen and oxygen atoms in total. The molecule has 0 aromatic rings. The van der Waals surface area contributed by atoms with Gasteiger partial charge >= 0.3 is 5.97 Å². The number of carbonyl (C=O) groups is 1. The molecule has 1 heterocycles. The Kier molecular flexibility index (Phi) is 3.35. The largest absolute Gasteiger partial charge is 0.461 e. The van der Waals surface area contributed by atoms with Gasteiger partial charge in [-0.15, -0.1) is 5.53 Å². The molecule has 5 heteroatoms. The van der Waals surface area contributed by atoms with E-state index in [9.17, 15) is 4.79 Å². The molecule has 1 aliphatic rings. The maximum atomic E-state index is 11.4. The van der Waals surface area contributed by atoms with Crippen LogP contribution in [0.25, 0.3) is 0 Å². The fourth-order valence-corrected chi connectivity index (χ4v) is 1.33. The second-order valence-corrected chi connectivity index (χ2v) is 3.38. The molecule has 0 aromatic heterocycles. The zero-order valence-electron chi connectivity index (χ0n) is 9.05. The number of carbonyl (C=O) groups excluding carboxylic acids is 1. The number of hydrogen-bond donors (Lipinski definition) is 2. The van der Waals surface area contributed by atoms with E-state index in [1.165, 1.54) is 0 Å². The molecule has 0 fully saturated rings. The topological polar surface area (TPSA) is 53.6 Å². The lowest BCUT2D eigenvalue weighted by Crippen LogP contribution is -2.42. The van der Waals surface area contributed by atoms with Gasteiger partial charge in [-0.2, -0.15) is 0 Å². The number of nitrogens with one attached hydrogen (secondary N) is 2. The van der Waals surface area contributed by atoms with Crippen molar-refractivity contribution in [3.05, 3.63) is 11.4 Å². The number of allylic oxidation sites excluding steroid dienone is 1. The molecule has 0 saturated carbocycles. The first kappa shape index (κ1) is 10.8. The molecule has 0 amide bonds. The Morgan fingerprint density at radius 1 is 1.57 bits per heavy atom. The predicted molar refractivity (Wildman–Crippen MR) is 52.6 cm³/mol. The van der Waals surface area contributed by atoms with Crippen molar-refractivity contribution in [3.8, 4) is 0 Å². The lowest BCUT2D eigenvalue weighted by Gasteiger charge is -2.22. The number of rotatable bonds is 3. The quantitative estimate of drug-likeness (QED) is 0.649. The van der Waals surface area contributed by atoms with Crippen molar-refractivity contribution in [3.63, 3.8) is 0 Å². The van der Waals surface area contributed by atoms with Gasteiger partial charge in [0.1, 0.15) is 0 Å². The average molecular weight is 199 g/mol. The normalized spacial score (nSPS) is 16.2. The maximum absolute atomic E-state index is 11.4. The van der Waals surface area contributed by atoms with Crippen LogP contribution >= 0.6 is 0 Å². The van der Waals surface area contributed by atoms with E-state index in [0.717, 1.165) is 5.70 Å². The molecule has 0 saturated heterocycles. The lowest BCUT2D eigenvalue weighted by molar-refractivity contribution is -0.139. The molecule has 14 heavy (non-hydrogen) atoms. The summed E-state index contributed by atoms with van der Waals surface area (Å²) >= 11 is 0. The summed E-state index contributed by atoms with van der Waals surface area (Å²) in [6.45, 7) is 8.12. The minimum absolute atomic E-state index is 0.287. The summed E-state index contributed by atoms with van der Waals surface area (Å²) in [4.78, 5) is 11.4. The number of hydrazine groups is 2. The van der Waals surface area contributed by atoms with Gasteiger partial charge in [0, 0.05) is 6.04 Å². The van der Waals surface area contributed by atoms with E-state index in [1.807, 2.05) is 25.8 Å². The Morgan fingerprint density at radius 3 is 2.64 bits per heavy atom. The van der Waals surface area contributed by atoms with Crippen LogP contribution in [0.1, 0.15) is 27.7 Å². The van der Waals surface area contributed by atoms with Crippen molar-refractivity contribution in [1.29, 1.82) is 0 Å².